The van der Waals surface area contributed by atoms with Crippen LogP contribution < -0.4 is 19.5 Å². The summed E-state index contributed by atoms with van der Waals surface area (Å²) in [6, 6.07) is 13.2. The number of hydrogen-bond donors (Lipinski definition) is 1. The first-order chi connectivity index (χ1) is 17.8. The zero-order chi connectivity index (χ0) is 26.8. The maximum absolute atomic E-state index is 12.7. The van der Waals surface area contributed by atoms with Gasteiger partial charge < -0.3 is 14.2 Å². The minimum Gasteiger partial charge on any atom is -0.490 e. The molecule has 1 heterocycles. The van der Waals surface area contributed by atoms with Crippen LogP contribution in [0.2, 0.25) is 0 Å². The number of nitrogens with zero attached hydrogens (tertiary/aromatic N) is 3. The van der Waals surface area contributed by atoms with Crippen LogP contribution in [-0.4, -0.2) is 35.9 Å². The van der Waals surface area contributed by atoms with Crippen molar-refractivity contribution >= 4 is 28.5 Å². The van der Waals surface area contributed by atoms with Crippen LogP contribution in [0.25, 0.3) is 6.08 Å². The van der Waals surface area contributed by atoms with E-state index in [1.165, 1.54) is 17.4 Å². The Kier molecular flexibility index (Phi) is 10.0. The van der Waals surface area contributed by atoms with E-state index in [2.05, 4.69) is 29.4 Å². The topological polar surface area (TPSA) is 106 Å². The highest BCUT2D eigenvalue weighted by Crippen LogP contribution is 2.30. The summed E-state index contributed by atoms with van der Waals surface area (Å²) < 4.78 is 17.6. The van der Waals surface area contributed by atoms with Crippen LogP contribution in [-0.2, 0) is 11.2 Å². The molecule has 0 fully saturated rings. The zero-order valence-electron chi connectivity index (χ0n) is 21.8. The number of para-hydroxylation sites is 1. The van der Waals surface area contributed by atoms with Crippen molar-refractivity contribution in [1.82, 2.24) is 10.2 Å². The Hall–Kier alpha value is -3.90. The molecule has 9 heteroatoms. The van der Waals surface area contributed by atoms with E-state index in [-0.39, 0.29) is 5.57 Å². The molecular formula is C28H32N4O4S. The molecule has 2 aromatic carbocycles. The smallest absolute Gasteiger partial charge is 0.268 e. The lowest BCUT2D eigenvalue weighted by molar-refractivity contribution is -0.112. The Morgan fingerprint density at radius 3 is 2.49 bits per heavy atom. The summed E-state index contributed by atoms with van der Waals surface area (Å²) in [5.74, 6) is 1.82. The fourth-order valence-electron chi connectivity index (χ4n) is 3.54. The lowest BCUT2D eigenvalue weighted by atomic mass is 10.1. The third kappa shape index (κ3) is 8.05. The van der Waals surface area contributed by atoms with Crippen molar-refractivity contribution in [3.05, 3.63) is 63.7 Å². The number of amides is 1. The Morgan fingerprint density at radius 2 is 1.81 bits per heavy atom. The summed E-state index contributed by atoms with van der Waals surface area (Å²) in [5, 5.41) is 21.5. The lowest BCUT2D eigenvalue weighted by Crippen LogP contribution is -2.13. The first-order valence-corrected chi connectivity index (χ1v) is 13.0. The number of anilines is 1. The third-order valence-corrected chi connectivity index (χ3v) is 6.07. The van der Waals surface area contributed by atoms with E-state index < -0.39 is 5.91 Å². The molecule has 1 aromatic heterocycles. The highest BCUT2D eigenvalue weighted by molar-refractivity contribution is 7.15. The van der Waals surface area contributed by atoms with Gasteiger partial charge >= 0.3 is 0 Å². The number of aryl methyl sites for hydroxylation is 2. The molecule has 3 aromatic rings. The Balaban J connectivity index is 1.66. The highest BCUT2D eigenvalue weighted by atomic mass is 32.1. The van der Waals surface area contributed by atoms with Crippen LogP contribution in [0.1, 0.15) is 42.5 Å². The second-order valence-electron chi connectivity index (χ2n) is 8.78. The number of carbonyl (C=O) groups excluding carboxylic acids is 1. The van der Waals surface area contributed by atoms with Gasteiger partial charge in [-0.2, -0.15) is 5.26 Å². The lowest BCUT2D eigenvalue weighted by Gasteiger charge is -2.15. The largest absolute Gasteiger partial charge is 0.490 e. The Morgan fingerprint density at radius 1 is 1.08 bits per heavy atom. The van der Waals surface area contributed by atoms with E-state index >= 15 is 0 Å². The van der Waals surface area contributed by atoms with Gasteiger partial charge in [0, 0.05) is 6.42 Å². The van der Waals surface area contributed by atoms with E-state index in [4.69, 9.17) is 14.2 Å². The summed E-state index contributed by atoms with van der Waals surface area (Å²) >= 11 is 1.31. The van der Waals surface area contributed by atoms with Crippen LogP contribution in [0, 0.1) is 31.1 Å². The highest BCUT2D eigenvalue weighted by Gasteiger charge is 2.14. The molecule has 0 unspecified atom stereocenters. The minimum absolute atomic E-state index is 0.0567. The van der Waals surface area contributed by atoms with E-state index in [0.29, 0.717) is 47.9 Å². The van der Waals surface area contributed by atoms with Gasteiger partial charge in [0.05, 0.1) is 6.61 Å². The molecule has 0 atom stereocenters. The monoisotopic (exact) mass is 520 g/mol. The number of nitrogens with one attached hydrogen (secondary N) is 1. The molecule has 0 saturated carbocycles. The van der Waals surface area contributed by atoms with Crippen LogP contribution in [0.3, 0.4) is 0 Å². The summed E-state index contributed by atoms with van der Waals surface area (Å²) in [6.45, 7) is 11.2. The summed E-state index contributed by atoms with van der Waals surface area (Å²) in [6.07, 6.45) is 2.28. The van der Waals surface area contributed by atoms with Gasteiger partial charge in [-0.15, -0.1) is 10.2 Å². The van der Waals surface area contributed by atoms with Crippen molar-refractivity contribution in [2.24, 2.45) is 5.92 Å². The van der Waals surface area contributed by atoms with Crippen molar-refractivity contribution in [2.75, 3.05) is 25.1 Å². The van der Waals surface area contributed by atoms with Gasteiger partial charge in [-0.05, 0) is 61.6 Å². The summed E-state index contributed by atoms with van der Waals surface area (Å²) in [7, 11) is 0. The van der Waals surface area contributed by atoms with E-state index in [0.717, 1.165) is 28.3 Å². The molecule has 1 N–H and O–H groups in total. The molecule has 3 rings (SSSR count). The van der Waals surface area contributed by atoms with Gasteiger partial charge in [-0.25, -0.2) is 0 Å². The van der Waals surface area contributed by atoms with Crippen LogP contribution in [0.4, 0.5) is 5.13 Å². The molecule has 0 aliphatic heterocycles. The van der Waals surface area contributed by atoms with Gasteiger partial charge in [0.15, 0.2) is 11.5 Å². The number of ether oxygens (including phenoxy) is 3. The zero-order valence-corrected chi connectivity index (χ0v) is 22.6. The molecule has 0 bridgehead atoms. The van der Waals surface area contributed by atoms with Crippen molar-refractivity contribution < 1.29 is 19.0 Å². The number of hydrogen-bond acceptors (Lipinski definition) is 8. The molecule has 0 aliphatic carbocycles. The van der Waals surface area contributed by atoms with Crippen LogP contribution in [0.5, 0.6) is 17.2 Å². The first-order valence-electron chi connectivity index (χ1n) is 12.1. The van der Waals surface area contributed by atoms with Crippen molar-refractivity contribution in [2.45, 2.75) is 41.0 Å². The average molecular weight is 521 g/mol. The number of aromatic nitrogens is 2. The second kappa shape index (κ2) is 13.4. The van der Waals surface area contributed by atoms with Gasteiger partial charge in [0.1, 0.15) is 35.6 Å². The Labute approximate surface area is 221 Å². The molecule has 0 radical (unpaired) electrons. The van der Waals surface area contributed by atoms with E-state index in [1.54, 1.807) is 18.2 Å². The molecule has 0 spiro atoms. The first kappa shape index (κ1) is 27.7. The van der Waals surface area contributed by atoms with Crippen LogP contribution in [0.15, 0.2) is 42.0 Å². The van der Waals surface area contributed by atoms with Crippen LogP contribution >= 0.6 is 11.3 Å². The fraction of sp³-hybridized carbons (Fsp3) is 0.357. The van der Waals surface area contributed by atoms with E-state index in [1.807, 2.05) is 45.0 Å². The maximum Gasteiger partial charge on any atom is 0.268 e. The Bertz CT molecular complexity index is 1270. The molecule has 1 amide bonds. The quantitative estimate of drug-likeness (QED) is 0.184. The normalized spacial score (nSPS) is 11.2. The average Bonchev–Trinajstić information content (AvgIpc) is 3.28. The molecule has 0 aliphatic rings. The SMILES string of the molecule is CCOc1cc(C=C(C#N)C(=O)Nc2nnc(CC(C)C)s2)ccc1OCCOc1c(C)cccc1C. The van der Waals surface area contributed by atoms with Gasteiger partial charge in [-0.1, -0.05) is 49.4 Å². The summed E-state index contributed by atoms with van der Waals surface area (Å²) in [4.78, 5) is 12.7. The third-order valence-electron chi connectivity index (χ3n) is 5.21. The van der Waals surface area contributed by atoms with Gasteiger partial charge in [0.25, 0.3) is 5.91 Å². The number of nitriles is 1. The van der Waals surface area contributed by atoms with E-state index in [9.17, 15) is 10.1 Å². The van der Waals surface area contributed by atoms with Crippen molar-refractivity contribution in [3.8, 4) is 23.3 Å². The fourth-order valence-corrected chi connectivity index (χ4v) is 4.49. The molecular weight excluding hydrogens is 488 g/mol. The molecule has 8 nitrogen and oxygen atoms in total. The van der Waals surface area contributed by atoms with Crippen molar-refractivity contribution in [1.29, 1.82) is 5.26 Å². The number of carbonyl (C=O) groups is 1. The minimum atomic E-state index is -0.545. The van der Waals surface area contributed by atoms with Crippen molar-refractivity contribution in [3.63, 3.8) is 0 Å². The predicted molar refractivity (Wildman–Crippen MR) is 145 cm³/mol. The second-order valence-corrected chi connectivity index (χ2v) is 9.84. The van der Waals surface area contributed by atoms with Gasteiger partial charge in [-0.3, -0.25) is 10.1 Å². The predicted octanol–water partition coefficient (Wildman–Crippen LogP) is 5.76. The molecule has 37 heavy (non-hydrogen) atoms. The molecule has 194 valence electrons. The standard InChI is InChI=1S/C28H32N4O4S/c1-6-34-24-16-21(10-11-23(24)35-12-13-36-26-19(4)8-7-9-20(26)5)15-22(17-29)27(33)30-28-32-31-25(37-28)14-18(2)3/h7-11,15-16,18H,6,12-14H2,1-5H3,(H,30,32,33). The molecule has 0 saturated heterocycles. The number of benzene rings is 2. The summed E-state index contributed by atoms with van der Waals surface area (Å²) in [5.41, 5.74) is 2.72. The maximum atomic E-state index is 12.7. The number of rotatable bonds is 12. The van der Waals surface area contributed by atoms with Gasteiger partial charge in [0.2, 0.25) is 5.13 Å².